The average Bonchev–Trinajstić information content (AvgIpc) is 2.41. The quantitative estimate of drug-likeness (QED) is 0.921. The smallest absolute Gasteiger partial charge is 0.129 e. The Labute approximate surface area is 116 Å². The van der Waals surface area contributed by atoms with E-state index in [9.17, 15) is 13.9 Å². The van der Waals surface area contributed by atoms with Crippen molar-refractivity contribution in [3.05, 3.63) is 35.4 Å². The molecule has 0 bridgehead atoms. The fourth-order valence-corrected chi connectivity index (χ4v) is 3.55. The average molecular weight is 287 g/mol. The van der Waals surface area contributed by atoms with Gasteiger partial charge in [-0.1, -0.05) is 6.92 Å². The molecule has 0 saturated carbocycles. The molecular formula is C14H19F2NOS. The van der Waals surface area contributed by atoms with Crippen molar-refractivity contribution in [1.82, 2.24) is 4.90 Å². The van der Waals surface area contributed by atoms with Crippen molar-refractivity contribution in [3.63, 3.8) is 0 Å². The van der Waals surface area contributed by atoms with E-state index in [1.165, 1.54) is 0 Å². The summed E-state index contributed by atoms with van der Waals surface area (Å²) in [6.45, 7) is 4.28. The van der Waals surface area contributed by atoms with Crippen molar-refractivity contribution in [1.29, 1.82) is 0 Å². The second kappa shape index (κ2) is 6.68. The molecule has 1 saturated heterocycles. The zero-order valence-corrected chi connectivity index (χ0v) is 11.8. The topological polar surface area (TPSA) is 23.5 Å². The number of nitrogens with zero attached hydrogens (tertiary/aromatic N) is 1. The summed E-state index contributed by atoms with van der Waals surface area (Å²) in [6, 6.07) is 3.21. The Morgan fingerprint density at radius 3 is 3.00 bits per heavy atom. The molecule has 0 aromatic heterocycles. The third kappa shape index (κ3) is 3.91. The summed E-state index contributed by atoms with van der Waals surface area (Å²) in [4.78, 5) is 2.12. The molecule has 1 N–H and O–H groups in total. The molecule has 0 radical (unpaired) electrons. The first-order valence-corrected chi connectivity index (χ1v) is 7.62. The lowest BCUT2D eigenvalue weighted by Gasteiger charge is -2.33. The predicted octanol–water partition coefficient (Wildman–Crippen LogP) is 2.83. The largest absolute Gasteiger partial charge is 0.387 e. The molecule has 1 heterocycles. The van der Waals surface area contributed by atoms with Crippen molar-refractivity contribution in [2.24, 2.45) is 0 Å². The van der Waals surface area contributed by atoms with E-state index in [0.717, 1.165) is 43.5 Å². The molecule has 2 atom stereocenters. The van der Waals surface area contributed by atoms with Crippen LogP contribution in [-0.4, -0.2) is 40.6 Å². The maximum Gasteiger partial charge on any atom is 0.129 e. The van der Waals surface area contributed by atoms with Crippen LogP contribution in [0.2, 0.25) is 0 Å². The first-order valence-electron chi connectivity index (χ1n) is 6.57. The second-order valence-corrected chi connectivity index (χ2v) is 6.25. The highest BCUT2D eigenvalue weighted by Crippen LogP contribution is 2.24. The third-order valence-electron chi connectivity index (χ3n) is 3.43. The molecule has 2 nitrogen and oxygen atoms in total. The lowest BCUT2D eigenvalue weighted by Crippen LogP contribution is -2.40. The highest BCUT2D eigenvalue weighted by atomic mass is 32.2. The SMILES string of the molecule is CCC1CN(CC(O)c2cc(F)ccc2F)CCS1. The molecule has 2 unspecified atom stereocenters. The van der Waals surface area contributed by atoms with Crippen LogP contribution in [0.25, 0.3) is 0 Å². The molecule has 1 aromatic carbocycles. The molecule has 0 spiro atoms. The summed E-state index contributed by atoms with van der Waals surface area (Å²) < 4.78 is 26.7. The van der Waals surface area contributed by atoms with Gasteiger partial charge in [0.2, 0.25) is 0 Å². The Morgan fingerprint density at radius 1 is 1.47 bits per heavy atom. The second-order valence-electron chi connectivity index (χ2n) is 4.84. The van der Waals surface area contributed by atoms with E-state index in [2.05, 4.69) is 11.8 Å². The minimum Gasteiger partial charge on any atom is -0.387 e. The first kappa shape index (κ1) is 14.8. The van der Waals surface area contributed by atoms with E-state index in [1.807, 2.05) is 11.8 Å². The molecule has 2 rings (SSSR count). The Bertz CT molecular complexity index is 430. The number of β-amino-alcohol motifs (C(OH)–C–C–N with tert-alkyl or cyclic N) is 1. The Hall–Kier alpha value is -0.650. The molecule has 106 valence electrons. The summed E-state index contributed by atoms with van der Waals surface area (Å²) in [5, 5.41) is 10.6. The van der Waals surface area contributed by atoms with Crippen molar-refractivity contribution in [3.8, 4) is 0 Å². The Balaban J connectivity index is 2.00. The maximum absolute atomic E-state index is 13.6. The summed E-state index contributed by atoms with van der Waals surface area (Å²) >= 11 is 1.94. The van der Waals surface area contributed by atoms with Crippen LogP contribution in [0.3, 0.4) is 0 Å². The first-order chi connectivity index (χ1) is 9.10. The molecule has 0 aliphatic carbocycles. The standard InChI is InChI=1S/C14H19F2NOS/c1-2-11-8-17(5-6-19-11)9-14(18)12-7-10(15)3-4-13(12)16/h3-4,7,11,14,18H,2,5-6,8-9H2,1H3. The van der Waals surface area contributed by atoms with Crippen LogP contribution in [-0.2, 0) is 0 Å². The monoisotopic (exact) mass is 287 g/mol. The van der Waals surface area contributed by atoms with Crippen molar-refractivity contribution in [2.45, 2.75) is 24.7 Å². The lowest BCUT2D eigenvalue weighted by atomic mass is 10.1. The van der Waals surface area contributed by atoms with Gasteiger partial charge in [0.05, 0.1) is 6.10 Å². The van der Waals surface area contributed by atoms with E-state index >= 15 is 0 Å². The highest BCUT2D eigenvalue weighted by molar-refractivity contribution is 8.00. The van der Waals surface area contributed by atoms with Crippen molar-refractivity contribution < 1.29 is 13.9 Å². The number of rotatable bonds is 4. The Kier molecular flexibility index (Phi) is 5.19. The molecule has 5 heteroatoms. The van der Waals surface area contributed by atoms with Gasteiger partial charge in [-0.15, -0.1) is 0 Å². The van der Waals surface area contributed by atoms with E-state index in [1.54, 1.807) is 0 Å². The van der Waals surface area contributed by atoms with Crippen LogP contribution in [0.5, 0.6) is 0 Å². The number of halogens is 2. The number of hydrogen-bond acceptors (Lipinski definition) is 3. The molecule has 1 aliphatic rings. The zero-order chi connectivity index (χ0) is 13.8. The number of aliphatic hydroxyl groups excluding tert-OH is 1. The van der Waals surface area contributed by atoms with Gasteiger partial charge in [-0.2, -0.15) is 11.8 Å². The van der Waals surface area contributed by atoms with Crippen LogP contribution in [0.4, 0.5) is 8.78 Å². The third-order valence-corrected chi connectivity index (χ3v) is 4.80. The fourth-order valence-electron chi connectivity index (χ4n) is 2.31. The summed E-state index contributed by atoms with van der Waals surface area (Å²) in [5.41, 5.74) is 0.0475. The van der Waals surface area contributed by atoms with Crippen LogP contribution >= 0.6 is 11.8 Å². The van der Waals surface area contributed by atoms with Gasteiger partial charge in [0.1, 0.15) is 11.6 Å². The highest BCUT2D eigenvalue weighted by Gasteiger charge is 2.23. The van der Waals surface area contributed by atoms with Gasteiger partial charge < -0.3 is 5.11 Å². The minimum absolute atomic E-state index is 0.0475. The maximum atomic E-state index is 13.6. The van der Waals surface area contributed by atoms with Gasteiger partial charge >= 0.3 is 0 Å². The van der Waals surface area contributed by atoms with Crippen LogP contribution < -0.4 is 0 Å². The predicted molar refractivity (Wildman–Crippen MR) is 74.3 cm³/mol. The zero-order valence-electron chi connectivity index (χ0n) is 11.0. The number of hydrogen-bond donors (Lipinski definition) is 1. The van der Waals surface area contributed by atoms with Gasteiger partial charge in [-0.25, -0.2) is 8.78 Å². The van der Waals surface area contributed by atoms with Crippen LogP contribution in [0.1, 0.15) is 25.0 Å². The molecular weight excluding hydrogens is 268 g/mol. The van der Waals surface area contributed by atoms with Gasteiger partial charge in [-0.3, -0.25) is 4.90 Å². The summed E-state index contributed by atoms with van der Waals surface area (Å²) in [6.07, 6.45) is 0.113. The molecule has 1 aliphatic heterocycles. The van der Waals surface area contributed by atoms with E-state index < -0.39 is 17.7 Å². The van der Waals surface area contributed by atoms with E-state index in [0.29, 0.717) is 11.8 Å². The molecule has 19 heavy (non-hydrogen) atoms. The van der Waals surface area contributed by atoms with Gasteiger partial charge in [-0.05, 0) is 24.6 Å². The Morgan fingerprint density at radius 2 is 2.26 bits per heavy atom. The number of aliphatic hydroxyl groups is 1. The van der Waals surface area contributed by atoms with Gasteiger partial charge in [0.15, 0.2) is 0 Å². The summed E-state index contributed by atoms with van der Waals surface area (Å²) in [5.74, 6) is -0.0416. The molecule has 1 aromatic rings. The van der Waals surface area contributed by atoms with Crippen molar-refractivity contribution >= 4 is 11.8 Å². The van der Waals surface area contributed by atoms with Crippen LogP contribution in [0.15, 0.2) is 18.2 Å². The number of benzene rings is 1. The number of thioether (sulfide) groups is 1. The normalized spacial score (nSPS) is 22.4. The van der Waals surface area contributed by atoms with Gasteiger partial charge in [0, 0.05) is 36.2 Å². The fraction of sp³-hybridized carbons (Fsp3) is 0.571. The van der Waals surface area contributed by atoms with E-state index in [4.69, 9.17) is 0 Å². The molecule has 1 fully saturated rings. The van der Waals surface area contributed by atoms with Crippen LogP contribution in [0, 0.1) is 11.6 Å². The lowest BCUT2D eigenvalue weighted by molar-refractivity contribution is 0.111. The summed E-state index contributed by atoms with van der Waals surface area (Å²) in [7, 11) is 0. The van der Waals surface area contributed by atoms with Gasteiger partial charge in [0.25, 0.3) is 0 Å². The van der Waals surface area contributed by atoms with Crippen molar-refractivity contribution in [2.75, 3.05) is 25.4 Å². The minimum atomic E-state index is -0.976. The van der Waals surface area contributed by atoms with E-state index in [-0.39, 0.29) is 5.56 Å². The molecule has 0 amide bonds.